The average molecular weight is 1110 g/mol. The van der Waals surface area contributed by atoms with Crippen LogP contribution >= 0.6 is 0 Å². The molecule has 0 unspecified atom stereocenters. The van der Waals surface area contributed by atoms with E-state index in [4.69, 9.17) is 9.72 Å². The lowest BCUT2D eigenvalue weighted by Gasteiger charge is -2.46. The molecule has 0 atom stereocenters. The highest BCUT2D eigenvalue weighted by Gasteiger charge is 2.57. The molecule has 2 aliphatic heterocycles. The summed E-state index contributed by atoms with van der Waals surface area (Å²) in [5.41, 5.74) is 27.2. The van der Waals surface area contributed by atoms with Crippen LogP contribution in [0.4, 0.5) is 22.7 Å². The van der Waals surface area contributed by atoms with Crippen molar-refractivity contribution in [2.75, 3.05) is 16.5 Å². The molecular formula is C78H76N6O. The second-order valence-corrected chi connectivity index (χ2v) is 28.3. The van der Waals surface area contributed by atoms with Gasteiger partial charge in [0.05, 0.1) is 39.2 Å². The molecule has 7 nitrogen and oxygen atoms in total. The van der Waals surface area contributed by atoms with Gasteiger partial charge in [0.1, 0.15) is 24.0 Å². The number of hydrogen-bond donors (Lipinski definition) is 0. The summed E-state index contributed by atoms with van der Waals surface area (Å²) in [7, 11) is 0. The first-order valence-corrected chi connectivity index (χ1v) is 30.3. The van der Waals surface area contributed by atoms with Gasteiger partial charge in [-0.3, -0.25) is 14.5 Å². The molecule has 0 saturated heterocycles. The number of nitrogens with zero attached hydrogens (tertiary/aromatic N) is 6. The van der Waals surface area contributed by atoms with E-state index in [0.717, 1.165) is 56.2 Å². The standard InChI is InChI=1S/C78H76N6O/c1-46-47(2)68(49-30-35-79-36-31-49)73(69(48(46)3)50-32-37-80-38-33-50)82-45-83-66-44-54(85-53-26-28-56-55-21-16-17-23-63(55)84(65(56)43-53)67-25-18-19-34-81-67)27-29-59(66)78(60-22-20-24-64(82)72(60)83)70-57(39-51(74(4,5)6)41-61(70)76(10,11)12)58-40-52(75(7,8)9)42-62(71(58)78)77(13,14)15/h16-44H,45H2,1-15H3. The van der Waals surface area contributed by atoms with E-state index in [0.29, 0.717) is 6.67 Å². The Morgan fingerprint density at radius 1 is 0.435 bits per heavy atom. The third-order valence-electron chi connectivity index (χ3n) is 18.9. The number of ether oxygens (including phenoxy) is 1. The SMILES string of the molecule is Cc1c(C)c(-c2ccncc2)c(N2CN3c4cc(Oc5ccc6c7ccccc7n(-c7ccccn7)c6c5)ccc4C4(c5cccc2c53)c2c(cc(C(C)(C)C)cc2C(C)(C)C)-c2cc(C(C)(C)C)cc(C(C)(C)C)c24)c(-c2ccncc2)c1C. The molecule has 4 aromatic heterocycles. The summed E-state index contributed by atoms with van der Waals surface area (Å²) in [6.45, 7) is 36.2. The summed E-state index contributed by atoms with van der Waals surface area (Å²) >= 11 is 0. The van der Waals surface area contributed by atoms with Crippen LogP contribution in [0, 0.1) is 20.8 Å². The number of pyridine rings is 3. The first kappa shape index (κ1) is 54.1. The Kier molecular flexibility index (Phi) is 12.0. The van der Waals surface area contributed by atoms with Crippen LogP contribution in [0.3, 0.4) is 0 Å². The smallest absolute Gasteiger partial charge is 0.137 e. The quantitative estimate of drug-likeness (QED) is 0.165. The van der Waals surface area contributed by atoms with Crippen molar-refractivity contribution < 1.29 is 4.74 Å². The zero-order valence-corrected chi connectivity index (χ0v) is 52.0. The molecule has 0 saturated carbocycles. The number of hydrogen-bond acceptors (Lipinski definition) is 6. The molecule has 3 aliphatic rings. The second-order valence-electron chi connectivity index (χ2n) is 28.3. The van der Waals surface area contributed by atoms with Crippen molar-refractivity contribution in [2.24, 2.45) is 0 Å². The molecule has 7 heteroatoms. The van der Waals surface area contributed by atoms with Crippen LogP contribution in [0.1, 0.15) is 144 Å². The molecule has 1 aliphatic carbocycles. The van der Waals surface area contributed by atoms with Crippen molar-refractivity contribution in [3.05, 3.63) is 238 Å². The molecule has 424 valence electrons. The van der Waals surface area contributed by atoms with Crippen molar-refractivity contribution in [3.8, 4) is 50.7 Å². The number of rotatable bonds is 6. The fraction of sp³-hybridized carbons (Fsp3) is 0.269. The summed E-state index contributed by atoms with van der Waals surface area (Å²) in [6.07, 6.45) is 9.58. The van der Waals surface area contributed by atoms with Crippen molar-refractivity contribution in [2.45, 2.75) is 131 Å². The molecule has 0 amide bonds. The summed E-state index contributed by atoms with van der Waals surface area (Å²) < 4.78 is 9.57. The van der Waals surface area contributed by atoms with Gasteiger partial charge in [-0.1, -0.05) is 150 Å². The van der Waals surface area contributed by atoms with Gasteiger partial charge >= 0.3 is 0 Å². The normalized spacial score (nSPS) is 14.3. The number of anilines is 4. The Labute approximate surface area is 502 Å². The van der Waals surface area contributed by atoms with Crippen LogP contribution < -0.4 is 14.5 Å². The molecule has 0 radical (unpaired) electrons. The van der Waals surface area contributed by atoms with E-state index < -0.39 is 5.41 Å². The maximum atomic E-state index is 7.31. The Morgan fingerprint density at radius 2 is 0.976 bits per heavy atom. The molecule has 0 fully saturated rings. The molecule has 0 bridgehead atoms. The van der Waals surface area contributed by atoms with Crippen LogP contribution in [0.25, 0.3) is 61.0 Å². The third kappa shape index (κ3) is 8.16. The van der Waals surface area contributed by atoms with Crippen LogP contribution in [0.5, 0.6) is 11.5 Å². The van der Waals surface area contributed by atoms with Crippen LogP contribution in [-0.2, 0) is 27.1 Å². The van der Waals surface area contributed by atoms with Gasteiger partial charge in [-0.05, 0) is 193 Å². The molecule has 0 N–H and O–H groups in total. The van der Waals surface area contributed by atoms with Crippen molar-refractivity contribution in [1.29, 1.82) is 0 Å². The Hall–Kier alpha value is -8.81. The van der Waals surface area contributed by atoms with Crippen LogP contribution in [0.2, 0.25) is 0 Å². The first-order valence-electron chi connectivity index (χ1n) is 30.3. The third-order valence-corrected chi connectivity index (χ3v) is 18.9. The molecule has 6 heterocycles. The lowest BCUT2D eigenvalue weighted by atomic mass is 9.59. The average Bonchev–Trinajstić information content (AvgIpc) is 1.53. The predicted molar refractivity (Wildman–Crippen MR) is 353 cm³/mol. The minimum atomic E-state index is -0.766. The van der Waals surface area contributed by atoms with E-state index in [-0.39, 0.29) is 21.7 Å². The van der Waals surface area contributed by atoms with Gasteiger partial charge in [-0.25, -0.2) is 4.98 Å². The number of para-hydroxylation sites is 2. The summed E-state index contributed by atoms with van der Waals surface area (Å²) in [5.74, 6) is 2.38. The number of aromatic nitrogens is 4. The lowest BCUT2D eigenvalue weighted by molar-refractivity contribution is 0.482. The minimum absolute atomic E-state index is 0.111. The zero-order chi connectivity index (χ0) is 59.4. The largest absolute Gasteiger partial charge is 0.457 e. The minimum Gasteiger partial charge on any atom is -0.457 e. The van der Waals surface area contributed by atoms with E-state index in [1.54, 1.807) is 0 Å². The zero-order valence-electron chi connectivity index (χ0n) is 52.0. The van der Waals surface area contributed by atoms with Crippen LogP contribution in [0.15, 0.2) is 177 Å². The second kappa shape index (κ2) is 18.8. The van der Waals surface area contributed by atoms with E-state index in [1.165, 1.54) is 100 Å². The van der Waals surface area contributed by atoms with Gasteiger partial charge in [0.2, 0.25) is 0 Å². The summed E-state index contributed by atoms with van der Waals surface area (Å²) in [6, 6.07) is 54.5. The lowest BCUT2D eigenvalue weighted by Crippen LogP contribution is -2.40. The van der Waals surface area contributed by atoms with E-state index in [9.17, 15) is 0 Å². The topological polar surface area (TPSA) is 59.3 Å². The predicted octanol–water partition coefficient (Wildman–Crippen LogP) is 20.1. The number of fused-ring (bicyclic) bond motifs is 12. The van der Waals surface area contributed by atoms with Gasteiger partial charge in [0.15, 0.2) is 0 Å². The van der Waals surface area contributed by atoms with Gasteiger partial charge in [0, 0.05) is 65.0 Å². The Morgan fingerprint density at radius 3 is 1.54 bits per heavy atom. The van der Waals surface area contributed by atoms with E-state index >= 15 is 0 Å². The highest BCUT2D eigenvalue weighted by molar-refractivity contribution is 6.10. The van der Waals surface area contributed by atoms with Crippen LogP contribution in [-0.4, -0.2) is 26.2 Å². The highest BCUT2D eigenvalue weighted by atomic mass is 16.5. The molecular weight excluding hydrogens is 1040 g/mol. The highest BCUT2D eigenvalue weighted by Crippen LogP contribution is 2.69. The van der Waals surface area contributed by atoms with Gasteiger partial charge in [0.25, 0.3) is 0 Å². The van der Waals surface area contributed by atoms with Gasteiger partial charge in [-0.2, -0.15) is 0 Å². The maximum absolute atomic E-state index is 7.31. The Balaban J connectivity index is 1.11. The van der Waals surface area contributed by atoms with Crippen molar-refractivity contribution >= 4 is 44.6 Å². The fourth-order valence-electron chi connectivity index (χ4n) is 14.5. The monoisotopic (exact) mass is 1110 g/mol. The summed E-state index contributed by atoms with van der Waals surface area (Å²) in [4.78, 5) is 19.2. The molecule has 85 heavy (non-hydrogen) atoms. The van der Waals surface area contributed by atoms with Crippen molar-refractivity contribution in [1.82, 2.24) is 19.5 Å². The van der Waals surface area contributed by atoms with E-state index in [2.05, 4.69) is 268 Å². The molecule has 14 rings (SSSR count). The van der Waals surface area contributed by atoms with Gasteiger partial charge in [-0.15, -0.1) is 0 Å². The Bertz CT molecular complexity index is 4400. The van der Waals surface area contributed by atoms with E-state index in [1.807, 2.05) is 37.1 Å². The summed E-state index contributed by atoms with van der Waals surface area (Å²) in [5, 5.41) is 2.32. The molecule has 11 aromatic rings. The van der Waals surface area contributed by atoms with Gasteiger partial charge < -0.3 is 14.5 Å². The van der Waals surface area contributed by atoms with Crippen molar-refractivity contribution in [3.63, 3.8) is 0 Å². The fourth-order valence-corrected chi connectivity index (χ4v) is 14.5. The molecule has 7 aromatic carbocycles. The first-order chi connectivity index (χ1) is 40.5. The maximum Gasteiger partial charge on any atom is 0.137 e. The molecule has 1 spiro atoms. The number of benzene rings is 7.